The summed E-state index contributed by atoms with van der Waals surface area (Å²) in [6.45, 7) is 8.33. The molecule has 0 aliphatic carbocycles. The van der Waals surface area contributed by atoms with Gasteiger partial charge in [-0.25, -0.2) is 4.98 Å². The van der Waals surface area contributed by atoms with E-state index in [9.17, 15) is 0 Å². The van der Waals surface area contributed by atoms with Crippen LogP contribution in [0.1, 0.15) is 27.7 Å². The standard InChI is InChI=1S/C31H29BN2O2/c1-30(2)31(3,4)36-32(35-30)25-15-11-14-23(20-25)24-18-19-28-27(21-24)33-29(22-12-7-5-8-13-22)34(28)26-16-9-6-10-17-26/h5-21H,1-4H3. The number of hydrogen-bond acceptors (Lipinski definition) is 3. The first-order chi connectivity index (χ1) is 17.3. The van der Waals surface area contributed by atoms with Crippen molar-refractivity contribution in [1.82, 2.24) is 9.55 Å². The van der Waals surface area contributed by atoms with Gasteiger partial charge >= 0.3 is 7.12 Å². The van der Waals surface area contributed by atoms with Crippen molar-refractivity contribution in [2.24, 2.45) is 0 Å². The number of aromatic nitrogens is 2. The van der Waals surface area contributed by atoms with E-state index in [1.807, 2.05) is 12.1 Å². The quantitative estimate of drug-likeness (QED) is 0.275. The molecule has 0 N–H and O–H groups in total. The molecule has 6 rings (SSSR count). The minimum Gasteiger partial charge on any atom is -0.399 e. The molecule has 5 aromatic rings. The van der Waals surface area contributed by atoms with Crippen molar-refractivity contribution in [3.8, 4) is 28.2 Å². The van der Waals surface area contributed by atoms with Crippen LogP contribution in [0.25, 0.3) is 39.2 Å². The number of para-hydroxylation sites is 1. The minimum atomic E-state index is -0.388. The molecule has 1 fully saturated rings. The molecule has 1 saturated heterocycles. The van der Waals surface area contributed by atoms with Crippen LogP contribution in [0.4, 0.5) is 0 Å². The minimum absolute atomic E-state index is 0.370. The van der Waals surface area contributed by atoms with Gasteiger partial charge in [-0.05, 0) is 68.6 Å². The molecule has 0 spiro atoms. The first-order valence-corrected chi connectivity index (χ1v) is 12.4. The molecule has 36 heavy (non-hydrogen) atoms. The van der Waals surface area contributed by atoms with Crippen molar-refractivity contribution in [2.75, 3.05) is 0 Å². The second-order valence-corrected chi connectivity index (χ2v) is 10.4. The number of imidazole rings is 1. The number of hydrogen-bond donors (Lipinski definition) is 0. The fraction of sp³-hybridized carbons (Fsp3) is 0.194. The Kier molecular flexibility index (Phi) is 5.36. The summed E-state index contributed by atoms with van der Waals surface area (Å²) in [7, 11) is -0.388. The molecule has 0 amide bonds. The summed E-state index contributed by atoms with van der Waals surface area (Å²) in [5.41, 5.74) is 6.71. The molecule has 178 valence electrons. The Morgan fingerprint density at radius 1 is 0.639 bits per heavy atom. The lowest BCUT2D eigenvalue weighted by Gasteiger charge is -2.32. The molecular weight excluding hydrogens is 443 g/mol. The molecule has 0 atom stereocenters. The van der Waals surface area contributed by atoms with Crippen LogP contribution >= 0.6 is 0 Å². The summed E-state index contributed by atoms with van der Waals surface area (Å²) in [5, 5.41) is 0. The van der Waals surface area contributed by atoms with Crippen LogP contribution in [0, 0.1) is 0 Å². The lowest BCUT2D eigenvalue weighted by molar-refractivity contribution is 0.00578. The maximum Gasteiger partial charge on any atom is 0.494 e. The predicted molar refractivity (Wildman–Crippen MR) is 148 cm³/mol. The maximum absolute atomic E-state index is 6.29. The van der Waals surface area contributed by atoms with Crippen LogP contribution in [0.3, 0.4) is 0 Å². The van der Waals surface area contributed by atoms with Gasteiger partial charge in [0.2, 0.25) is 0 Å². The van der Waals surface area contributed by atoms with Crippen molar-refractivity contribution < 1.29 is 9.31 Å². The highest BCUT2D eigenvalue weighted by Gasteiger charge is 2.51. The summed E-state index contributed by atoms with van der Waals surface area (Å²) in [6.07, 6.45) is 0. The van der Waals surface area contributed by atoms with Crippen molar-refractivity contribution in [3.63, 3.8) is 0 Å². The average molecular weight is 472 g/mol. The zero-order chi connectivity index (χ0) is 24.9. The van der Waals surface area contributed by atoms with Crippen LogP contribution in [0.5, 0.6) is 0 Å². The molecule has 1 aromatic heterocycles. The Bertz CT molecular complexity index is 1530. The number of nitrogens with zero attached hydrogens (tertiary/aromatic N) is 2. The van der Waals surface area contributed by atoms with Crippen LogP contribution in [0.2, 0.25) is 0 Å². The summed E-state index contributed by atoms with van der Waals surface area (Å²) < 4.78 is 14.8. The van der Waals surface area contributed by atoms with E-state index in [1.54, 1.807) is 0 Å². The monoisotopic (exact) mass is 472 g/mol. The third-order valence-electron chi connectivity index (χ3n) is 7.45. The molecule has 0 radical (unpaired) electrons. The van der Waals surface area contributed by atoms with Gasteiger partial charge in [-0.15, -0.1) is 0 Å². The molecule has 1 aliphatic rings. The Morgan fingerprint density at radius 3 is 1.94 bits per heavy atom. The van der Waals surface area contributed by atoms with Gasteiger partial charge in [0.1, 0.15) is 5.82 Å². The summed E-state index contributed by atoms with van der Waals surface area (Å²) in [6, 6.07) is 35.7. The normalized spacial score (nSPS) is 16.5. The van der Waals surface area contributed by atoms with Crippen molar-refractivity contribution >= 4 is 23.6 Å². The molecule has 1 aliphatic heterocycles. The topological polar surface area (TPSA) is 36.3 Å². The van der Waals surface area contributed by atoms with E-state index in [-0.39, 0.29) is 18.3 Å². The van der Waals surface area contributed by atoms with Crippen LogP contribution in [-0.2, 0) is 9.31 Å². The van der Waals surface area contributed by atoms with E-state index >= 15 is 0 Å². The second kappa shape index (κ2) is 8.47. The zero-order valence-corrected chi connectivity index (χ0v) is 21.1. The van der Waals surface area contributed by atoms with Gasteiger partial charge in [0.15, 0.2) is 0 Å². The summed E-state index contributed by atoms with van der Waals surface area (Å²) >= 11 is 0. The fourth-order valence-electron chi connectivity index (χ4n) is 4.72. The van der Waals surface area contributed by atoms with Crippen molar-refractivity contribution in [3.05, 3.63) is 103 Å². The van der Waals surface area contributed by atoms with Crippen LogP contribution in [0.15, 0.2) is 103 Å². The third-order valence-corrected chi connectivity index (χ3v) is 7.45. The second-order valence-electron chi connectivity index (χ2n) is 10.4. The molecule has 5 heteroatoms. The fourth-order valence-corrected chi connectivity index (χ4v) is 4.72. The van der Waals surface area contributed by atoms with Gasteiger partial charge in [0, 0.05) is 11.3 Å². The number of rotatable bonds is 4. The highest BCUT2D eigenvalue weighted by Crippen LogP contribution is 2.37. The van der Waals surface area contributed by atoms with E-state index in [1.165, 1.54) is 0 Å². The van der Waals surface area contributed by atoms with E-state index in [4.69, 9.17) is 14.3 Å². The predicted octanol–water partition coefficient (Wildman–Crippen LogP) is 6.66. The van der Waals surface area contributed by atoms with E-state index in [0.29, 0.717) is 0 Å². The van der Waals surface area contributed by atoms with E-state index in [0.717, 1.165) is 44.7 Å². The molecule has 0 saturated carbocycles. The Balaban J connectivity index is 1.44. The van der Waals surface area contributed by atoms with Crippen molar-refractivity contribution in [2.45, 2.75) is 38.9 Å². The summed E-state index contributed by atoms with van der Waals surface area (Å²) in [4.78, 5) is 5.10. The van der Waals surface area contributed by atoms with Gasteiger partial charge in [-0.1, -0.05) is 78.9 Å². The molecule has 4 aromatic carbocycles. The SMILES string of the molecule is CC1(C)OB(c2cccc(-c3ccc4c(c3)nc(-c3ccccc3)n4-c3ccccc3)c2)OC1(C)C. The molecule has 2 heterocycles. The van der Waals surface area contributed by atoms with E-state index < -0.39 is 0 Å². The lowest BCUT2D eigenvalue weighted by atomic mass is 9.78. The lowest BCUT2D eigenvalue weighted by Crippen LogP contribution is -2.41. The first-order valence-electron chi connectivity index (χ1n) is 12.4. The average Bonchev–Trinajstić information content (AvgIpc) is 3.38. The largest absolute Gasteiger partial charge is 0.494 e. The van der Waals surface area contributed by atoms with Gasteiger partial charge in [-0.3, -0.25) is 4.57 Å². The smallest absolute Gasteiger partial charge is 0.399 e. The van der Waals surface area contributed by atoms with Gasteiger partial charge < -0.3 is 9.31 Å². The van der Waals surface area contributed by atoms with Gasteiger partial charge in [0.05, 0.1) is 22.2 Å². The third kappa shape index (κ3) is 3.85. The van der Waals surface area contributed by atoms with E-state index in [2.05, 4.69) is 123 Å². The van der Waals surface area contributed by atoms with Gasteiger partial charge in [-0.2, -0.15) is 0 Å². The van der Waals surface area contributed by atoms with Crippen molar-refractivity contribution in [1.29, 1.82) is 0 Å². The first kappa shape index (κ1) is 22.8. The maximum atomic E-state index is 6.29. The molecular formula is C31H29BN2O2. The number of benzene rings is 4. The zero-order valence-electron chi connectivity index (χ0n) is 21.1. The van der Waals surface area contributed by atoms with Gasteiger partial charge in [0.25, 0.3) is 0 Å². The highest BCUT2D eigenvalue weighted by molar-refractivity contribution is 6.62. The molecule has 0 unspecified atom stereocenters. The Hall–Kier alpha value is -3.67. The van der Waals surface area contributed by atoms with Crippen LogP contribution in [-0.4, -0.2) is 27.9 Å². The Morgan fingerprint density at radius 2 is 1.25 bits per heavy atom. The Labute approximate surface area is 212 Å². The molecule has 0 bridgehead atoms. The summed E-state index contributed by atoms with van der Waals surface area (Å²) in [5.74, 6) is 0.930. The van der Waals surface area contributed by atoms with Crippen LogP contribution < -0.4 is 5.46 Å². The molecule has 4 nitrogen and oxygen atoms in total. The number of fused-ring (bicyclic) bond motifs is 1. The highest BCUT2D eigenvalue weighted by atomic mass is 16.7.